The van der Waals surface area contributed by atoms with Crippen LogP contribution in [-0.2, 0) is 11.9 Å². The largest absolute Gasteiger partial charge is 0.503 e. The van der Waals surface area contributed by atoms with Gasteiger partial charge in [0.05, 0.1) is 6.61 Å². The zero-order chi connectivity index (χ0) is 33.7. The van der Waals surface area contributed by atoms with Gasteiger partial charge in [0.2, 0.25) is 0 Å². The van der Waals surface area contributed by atoms with Crippen LogP contribution in [0.1, 0.15) is 48.5 Å². The Balaban J connectivity index is 0.000000293. The van der Waals surface area contributed by atoms with Crippen LogP contribution in [0.2, 0.25) is 0 Å². The van der Waals surface area contributed by atoms with Crippen molar-refractivity contribution in [2.45, 2.75) is 32.7 Å². The van der Waals surface area contributed by atoms with Crippen molar-refractivity contribution < 1.29 is 54.9 Å². The fourth-order valence-corrected chi connectivity index (χ4v) is 3.27. The molecule has 4 aromatic rings. The Morgan fingerprint density at radius 3 is 1.09 bits per heavy atom. The van der Waals surface area contributed by atoms with Crippen LogP contribution in [-0.4, -0.2) is 22.8 Å². The van der Waals surface area contributed by atoms with Crippen LogP contribution < -0.4 is 0 Å². The summed E-state index contributed by atoms with van der Waals surface area (Å²) in [5, 5.41) is 17.6. The Bertz CT molecular complexity index is 1400. The minimum atomic E-state index is -1.13. The predicted octanol–water partition coefficient (Wildman–Crippen LogP) is 8.50. The number of aromatic hydroxyl groups is 1. The molecule has 0 amide bonds. The first kappa shape index (κ1) is 37.9. The zero-order valence-corrected chi connectivity index (χ0v) is 24.9. The summed E-state index contributed by atoms with van der Waals surface area (Å²) in [6, 6.07) is 8.42. The number of halogens is 9. The van der Waals surface area contributed by atoms with Crippen LogP contribution in [0.25, 0.3) is 0 Å². The van der Waals surface area contributed by atoms with E-state index in [1.54, 1.807) is 0 Å². The highest BCUT2D eigenvalue weighted by molar-refractivity contribution is 9.08. The number of rotatable bonds is 4. The monoisotopic (exact) mass is 692 g/mol. The van der Waals surface area contributed by atoms with Crippen molar-refractivity contribution >= 4 is 28.5 Å². The number of aliphatic hydroxyl groups excluding tert-OH is 1. The quantitative estimate of drug-likeness (QED) is 0.128. The molecule has 13 heteroatoms. The second kappa shape index (κ2) is 17.9. The van der Waals surface area contributed by atoms with E-state index in [0.717, 1.165) is 36.4 Å². The second-order valence-corrected chi connectivity index (χ2v) is 9.40. The molecule has 0 aliphatic rings. The standard InChI is InChI=1S/C8H7BrF2.C8H8F2O.C8H6F2O.C7H4F2O2/c1-5-7(10)2-6(4-9)3-8(5)11;2*1-5-7(9)2-6(4-11)3-8(5)10;8-5-1-4(3-10)2-6(9)7(5)11/h2-3H,4H2,1H3;2-3,11H,4H2,1H3;2-4H,1H3;1-3,11H. The van der Waals surface area contributed by atoms with E-state index >= 15 is 0 Å². The lowest BCUT2D eigenvalue weighted by Gasteiger charge is -2.00. The number of aldehydes is 2. The molecule has 0 unspecified atom stereocenters. The summed E-state index contributed by atoms with van der Waals surface area (Å²) in [5.41, 5.74) is 0.757. The van der Waals surface area contributed by atoms with Gasteiger partial charge in [-0.05, 0) is 80.4 Å². The van der Waals surface area contributed by atoms with Gasteiger partial charge in [-0.2, -0.15) is 0 Å². The van der Waals surface area contributed by atoms with Gasteiger partial charge in [-0.15, -0.1) is 0 Å². The molecule has 4 aromatic carbocycles. The van der Waals surface area contributed by atoms with Gasteiger partial charge in [0.1, 0.15) is 47.5 Å². The highest BCUT2D eigenvalue weighted by atomic mass is 79.9. The molecule has 0 heterocycles. The summed E-state index contributed by atoms with van der Waals surface area (Å²) in [4.78, 5) is 20.1. The Morgan fingerprint density at radius 2 is 0.818 bits per heavy atom. The summed E-state index contributed by atoms with van der Waals surface area (Å²) >= 11 is 3.12. The van der Waals surface area contributed by atoms with E-state index in [4.69, 9.17) is 10.2 Å². The van der Waals surface area contributed by atoms with Crippen LogP contribution in [0.4, 0.5) is 35.1 Å². The van der Waals surface area contributed by atoms with Crippen LogP contribution in [0.5, 0.6) is 5.75 Å². The maximum Gasteiger partial charge on any atom is 0.187 e. The van der Waals surface area contributed by atoms with E-state index in [-0.39, 0.29) is 40.0 Å². The topological polar surface area (TPSA) is 74.6 Å². The average molecular weight is 693 g/mol. The van der Waals surface area contributed by atoms with E-state index in [1.165, 1.54) is 32.9 Å². The summed E-state index contributed by atoms with van der Waals surface area (Å²) in [6.45, 7) is 3.75. The fraction of sp³-hybridized carbons (Fsp3) is 0.161. The lowest BCUT2D eigenvalue weighted by Crippen LogP contribution is -1.92. The number of hydrogen-bond acceptors (Lipinski definition) is 4. The number of phenols is 1. The van der Waals surface area contributed by atoms with Crippen molar-refractivity contribution in [3.05, 3.63) is 134 Å². The normalized spacial score (nSPS) is 9.93. The molecule has 0 saturated carbocycles. The van der Waals surface area contributed by atoms with Crippen LogP contribution in [0, 0.1) is 67.3 Å². The van der Waals surface area contributed by atoms with E-state index < -0.39 is 52.3 Å². The number of alkyl halides is 1. The van der Waals surface area contributed by atoms with Crippen molar-refractivity contribution in [1.82, 2.24) is 0 Å². The van der Waals surface area contributed by atoms with Crippen LogP contribution in [0.3, 0.4) is 0 Å². The van der Waals surface area contributed by atoms with Crippen LogP contribution >= 0.6 is 15.9 Å². The van der Waals surface area contributed by atoms with Crippen molar-refractivity contribution in [2.24, 2.45) is 0 Å². The van der Waals surface area contributed by atoms with E-state index in [1.807, 2.05) is 0 Å². The molecule has 0 bridgehead atoms. The molecule has 236 valence electrons. The molecule has 2 N–H and O–H groups in total. The first-order chi connectivity index (χ1) is 20.6. The number of benzene rings is 4. The summed E-state index contributed by atoms with van der Waals surface area (Å²) in [5.74, 6) is -6.91. The third-order valence-electron chi connectivity index (χ3n) is 5.63. The Labute approximate surface area is 255 Å². The predicted molar refractivity (Wildman–Crippen MR) is 151 cm³/mol. The average Bonchev–Trinajstić information content (AvgIpc) is 2.99. The summed E-state index contributed by atoms with van der Waals surface area (Å²) in [6.07, 6.45) is 0.706. The molecule has 0 fully saturated rings. The highest BCUT2D eigenvalue weighted by Crippen LogP contribution is 2.20. The number of carbonyl (C=O) groups is 2. The third kappa shape index (κ3) is 11.2. The number of aliphatic hydroxyl groups is 1. The van der Waals surface area contributed by atoms with E-state index in [2.05, 4.69) is 15.9 Å². The first-order valence-corrected chi connectivity index (χ1v) is 13.3. The molecule has 0 atom stereocenters. The number of carbonyl (C=O) groups excluding carboxylic acids is 2. The molecule has 0 aliphatic carbocycles. The van der Waals surface area contributed by atoms with Crippen molar-refractivity contribution in [3.8, 4) is 5.75 Å². The van der Waals surface area contributed by atoms with Crippen molar-refractivity contribution in [2.75, 3.05) is 0 Å². The van der Waals surface area contributed by atoms with Gasteiger partial charge in [-0.1, -0.05) is 15.9 Å². The maximum absolute atomic E-state index is 12.8. The lowest BCUT2D eigenvalue weighted by atomic mass is 10.1. The zero-order valence-electron chi connectivity index (χ0n) is 23.3. The lowest BCUT2D eigenvalue weighted by molar-refractivity contribution is 0.111. The van der Waals surface area contributed by atoms with Gasteiger partial charge in [-0.25, -0.2) is 35.1 Å². The Morgan fingerprint density at radius 1 is 0.545 bits per heavy atom. The summed E-state index contributed by atoms with van der Waals surface area (Å²) < 4.78 is 101. The summed E-state index contributed by atoms with van der Waals surface area (Å²) in [7, 11) is 0. The smallest absolute Gasteiger partial charge is 0.187 e. The van der Waals surface area contributed by atoms with Gasteiger partial charge in [0.15, 0.2) is 17.4 Å². The molecular weight excluding hydrogens is 668 g/mol. The molecule has 0 saturated heterocycles. The minimum Gasteiger partial charge on any atom is -0.503 e. The molecule has 0 aliphatic heterocycles. The van der Waals surface area contributed by atoms with E-state index in [0.29, 0.717) is 23.5 Å². The molecule has 0 radical (unpaired) electrons. The fourth-order valence-electron chi connectivity index (χ4n) is 2.95. The van der Waals surface area contributed by atoms with E-state index in [9.17, 15) is 44.7 Å². The van der Waals surface area contributed by atoms with Gasteiger partial charge in [0, 0.05) is 33.1 Å². The Kier molecular flexibility index (Phi) is 15.4. The third-order valence-corrected chi connectivity index (χ3v) is 6.28. The molecule has 4 nitrogen and oxygen atoms in total. The molecule has 44 heavy (non-hydrogen) atoms. The van der Waals surface area contributed by atoms with Gasteiger partial charge in [-0.3, -0.25) is 9.59 Å². The SMILES string of the molecule is Cc1c(F)cc(C=O)cc1F.Cc1c(F)cc(CBr)cc1F.Cc1c(F)cc(CO)cc1F.O=Cc1cc(F)c(O)c(F)c1. The first-order valence-electron chi connectivity index (χ1n) is 12.2. The molecule has 4 rings (SSSR count). The van der Waals surface area contributed by atoms with Gasteiger partial charge >= 0.3 is 0 Å². The van der Waals surface area contributed by atoms with Crippen molar-refractivity contribution in [1.29, 1.82) is 0 Å². The van der Waals surface area contributed by atoms with Gasteiger partial charge in [0.25, 0.3) is 0 Å². The second-order valence-electron chi connectivity index (χ2n) is 8.84. The molecule has 0 aromatic heterocycles. The van der Waals surface area contributed by atoms with Crippen molar-refractivity contribution in [3.63, 3.8) is 0 Å². The maximum atomic E-state index is 12.8. The minimum absolute atomic E-state index is 0.0119. The number of phenolic OH excluding ortho intramolecular Hbond substituents is 1. The number of hydrogen-bond donors (Lipinski definition) is 2. The molecule has 0 spiro atoms. The molecular formula is C31H25BrF8O4. The highest BCUT2D eigenvalue weighted by Gasteiger charge is 2.09. The Hall–Kier alpha value is -4.10. The van der Waals surface area contributed by atoms with Crippen LogP contribution in [0.15, 0.2) is 48.5 Å². The van der Waals surface area contributed by atoms with Gasteiger partial charge < -0.3 is 10.2 Å².